The molecule has 0 N–H and O–H groups in total. The zero-order valence-corrected chi connectivity index (χ0v) is 33.2. The number of fused-ring (bicyclic) bond motifs is 6. The number of nitrogens with zero attached hydrogens (tertiary/aromatic N) is 5. The van der Waals surface area contributed by atoms with E-state index in [1.807, 2.05) is 47.0 Å². The minimum atomic E-state index is 0. The summed E-state index contributed by atoms with van der Waals surface area (Å²) in [4.78, 5) is 14.0. The first-order chi connectivity index (χ1) is 28.3. The van der Waals surface area contributed by atoms with Gasteiger partial charge in [0, 0.05) is 89.3 Å². The molecular formula is C51H32N5OPt-3. The summed E-state index contributed by atoms with van der Waals surface area (Å²) < 4.78 is 8.58. The topological polar surface area (TPSA) is 46.4 Å². The quantitative estimate of drug-likeness (QED) is 0.149. The Morgan fingerprint density at radius 3 is 1.66 bits per heavy atom. The molecule has 0 unspecified atom stereocenters. The molecule has 0 radical (unpaired) electrons. The van der Waals surface area contributed by atoms with E-state index in [0.717, 1.165) is 78.1 Å². The molecule has 4 heterocycles. The fraction of sp³-hybridized carbons (Fsp3) is 0. The molecule has 0 atom stereocenters. The van der Waals surface area contributed by atoms with Crippen LogP contribution in [-0.4, -0.2) is 14.5 Å². The van der Waals surface area contributed by atoms with E-state index in [1.54, 1.807) is 12.4 Å². The van der Waals surface area contributed by atoms with Crippen LogP contribution in [-0.2, 0) is 21.1 Å². The van der Waals surface area contributed by atoms with E-state index < -0.39 is 0 Å². The van der Waals surface area contributed by atoms with Crippen LogP contribution in [0.4, 0.5) is 22.7 Å². The van der Waals surface area contributed by atoms with E-state index >= 15 is 0 Å². The Labute approximate surface area is 350 Å². The van der Waals surface area contributed by atoms with Gasteiger partial charge in [-0.05, 0) is 46.8 Å². The van der Waals surface area contributed by atoms with Crippen molar-refractivity contribution in [2.24, 2.45) is 0 Å². The van der Waals surface area contributed by atoms with Crippen molar-refractivity contribution in [1.82, 2.24) is 14.5 Å². The fourth-order valence-electron chi connectivity index (χ4n) is 8.07. The normalized spacial score (nSPS) is 12.2. The number of pyridine rings is 2. The number of anilines is 4. The van der Waals surface area contributed by atoms with Gasteiger partial charge >= 0.3 is 0 Å². The van der Waals surface area contributed by atoms with Gasteiger partial charge in [-0.2, -0.15) is 12.1 Å². The van der Waals surface area contributed by atoms with Crippen LogP contribution in [0.2, 0.25) is 0 Å². The molecule has 1 aliphatic heterocycles. The van der Waals surface area contributed by atoms with Crippen molar-refractivity contribution in [3.63, 3.8) is 0 Å². The van der Waals surface area contributed by atoms with Gasteiger partial charge in [-0.1, -0.05) is 115 Å². The Morgan fingerprint density at radius 2 is 1.00 bits per heavy atom. The molecule has 1 aliphatic rings. The first-order valence-corrected chi connectivity index (χ1v) is 18.9. The van der Waals surface area contributed by atoms with Gasteiger partial charge in [0.1, 0.15) is 11.3 Å². The van der Waals surface area contributed by atoms with Crippen LogP contribution in [0.5, 0.6) is 11.5 Å². The fourth-order valence-corrected chi connectivity index (χ4v) is 8.07. The van der Waals surface area contributed by atoms with Gasteiger partial charge < -0.3 is 19.1 Å². The zero-order chi connectivity index (χ0) is 37.7. The van der Waals surface area contributed by atoms with Gasteiger partial charge in [0.15, 0.2) is 0 Å². The SMILES string of the molecule is [Pt].[c-]1c(Oc2[c-]c(-n3c4ncccc4c4cccnc43)ccc2)cccc1N1[CH-]N(c2c(-c3ccccc3)cccc2-c2ccccc2)c2c1ccc1ccccc21. The molecule has 11 rings (SSSR count). The first kappa shape index (κ1) is 35.4. The summed E-state index contributed by atoms with van der Waals surface area (Å²) in [6.07, 6.45) is 3.61. The molecule has 0 saturated heterocycles. The van der Waals surface area contributed by atoms with Gasteiger partial charge in [0.2, 0.25) is 0 Å². The number of hydrogen-bond acceptors (Lipinski definition) is 5. The Bertz CT molecular complexity index is 3000. The van der Waals surface area contributed by atoms with Crippen molar-refractivity contribution in [1.29, 1.82) is 0 Å². The van der Waals surface area contributed by atoms with Crippen LogP contribution in [0.15, 0.2) is 188 Å². The average molecular weight is 926 g/mol. The summed E-state index contributed by atoms with van der Waals surface area (Å²) in [6.45, 7) is 2.19. The summed E-state index contributed by atoms with van der Waals surface area (Å²) >= 11 is 0. The third-order valence-corrected chi connectivity index (χ3v) is 10.6. The monoisotopic (exact) mass is 925 g/mol. The maximum absolute atomic E-state index is 6.55. The van der Waals surface area contributed by atoms with E-state index in [1.165, 1.54) is 5.39 Å². The van der Waals surface area contributed by atoms with E-state index in [-0.39, 0.29) is 21.1 Å². The Kier molecular flexibility index (Phi) is 9.04. The second kappa shape index (κ2) is 14.8. The number of ether oxygens (including phenoxy) is 1. The minimum Gasteiger partial charge on any atom is -0.509 e. The van der Waals surface area contributed by atoms with Crippen molar-refractivity contribution in [3.05, 3.63) is 207 Å². The standard InChI is InChI=1S/C51H32N5O.Pt/c1-3-14-35(15-4-1)42-24-11-25-43(36-16-5-2-6-17-36)48(42)55-34-54(47-29-28-37-18-7-8-23-44(37)49(47)55)38-19-9-21-40(32-38)57-41-22-10-20-39(33-41)56-50-45(26-12-30-52-50)46-27-13-31-53-51(46)56;/h1-31,34H;/q-3;. The molecule has 3 aromatic heterocycles. The molecular weight excluding hydrogens is 894 g/mol. The van der Waals surface area contributed by atoms with Crippen molar-refractivity contribution in [3.8, 4) is 39.4 Å². The van der Waals surface area contributed by atoms with E-state index in [4.69, 9.17) is 14.7 Å². The average Bonchev–Trinajstić information content (AvgIpc) is 3.84. The van der Waals surface area contributed by atoms with Gasteiger partial charge in [-0.15, -0.1) is 48.8 Å². The van der Waals surface area contributed by atoms with E-state index in [2.05, 4.69) is 162 Å². The van der Waals surface area contributed by atoms with E-state index in [9.17, 15) is 0 Å². The van der Waals surface area contributed by atoms with Crippen molar-refractivity contribution in [2.45, 2.75) is 0 Å². The minimum absolute atomic E-state index is 0. The zero-order valence-electron chi connectivity index (χ0n) is 30.9. The second-order valence-corrected chi connectivity index (χ2v) is 13.9. The van der Waals surface area contributed by atoms with Crippen LogP contribution in [0.3, 0.4) is 0 Å². The van der Waals surface area contributed by atoms with Crippen molar-refractivity contribution >= 4 is 55.6 Å². The summed E-state index contributed by atoms with van der Waals surface area (Å²) in [5.74, 6) is 1.13. The van der Waals surface area contributed by atoms with Gasteiger partial charge in [0.25, 0.3) is 0 Å². The molecule has 6 nitrogen and oxygen atoms in total. The third-order valence-electron chi connectivity index (χ3n) is 10.6. The number of hydrogen-bond donors (Lipinski definition) is 0. The predicted molar refractivity (Wildman–Crippen MR) is 230 cm³/mol. The van der Waals surface area contributed by atoms with Crippen LogP contribution in [0.1, 0.15) is 0 Å². The molecule has 7 aromatic carbocycles. The molecule has 10 aromatic rings. The van der Waals surface area contributed by atoms with Gasteiger partial charge in [-0.3, -0.25) is 0 Å². The van der Waals surface area contributed by atoms with Gasteiger partial charge in [0.05, 0.1) is 0 Å². The van der Waals surface area contributed by atoms with Crippen LogP contribution < -0.4 is 14.5 Å². The summed E-state index contributed by atoms with van der Waals surface area (Å²) in [5.41, 5.74) is 11.1. The molecule has 0 saturated carbocycles. The van der Waals surface area contributed by atoms with Crippen LogP contribution in [0, 0.1) is 18.8 Å². The predicted octanol–water partition coefficient (Wildman–Crippen LogP) is 12.9. The number of rotatable bonds is 7. The van der Waals surface area contributed by atoms with Crippen LogP contribution in [0.25, 0.3) is 60.8 Å². The number of para-hydroxylation sites is 1. The largest absolute Gasteiger partial charge is 0.509 e. The Hall–Kier alpha value is -7.01. The van der Waals surface area contributed by atoms with E-state index in [0.29, 0.717) is 11.5 Å². The van der Waals surface area contributed by atoms with Crippen LogP contribution >= 0.6 is 0 Å². The smallest absolute Gasteiger partial charge is 0.144 e. The summed E-state index contributed by atoms with van der Waals surface area (Å²) in [6, 6.07) is 67.9. The van der Waals surface area contributed by atoms with Gasteiger partial charge in [-0.25, -0.2) is 9.97 Å². The molecule has 280 valence electrons. The maximum Gasteiger partial charge on any atom is 0.144 e. The van der Waals surface area contributed by atoms with Crippen molar-refractivity contribution in [2.75, 3.05) is 9.80 Å². The second-order valence-electron chi connectivity index (χ2n) is 13.9. The third kappa shape index (κ3) is 6.01. The number of aromatic nitrogens is 3. The first-order valence-electron chi connectivity index (χ1n) is 18.9. The molecule has 7 heteroatoms. The molecule has 0 fully saturated rings. The Morgan fingerprint density at radius 1 is 0.448 bits per heavy atom. The summed E-state index contributed by atoms with van der Waals surface area (Å²) in [7, 11) is 0. The van der Waals surface area contributed by atoms with Crippen molar-refractivity contribution < 1.29 is 25.8 Å². The number of benzene rings is 7. The molecule has 0 spiro atoms. The maximum atomic E-state index is 6.55. The molecule has 0 aliphatic carbocycles. The Balaban J connectivity index is 0.00000408. The summed E-state index contributed by atoms with van der Waals surface area (Å²) in [5, 5.41) is 4.39. The molecule has 0 bridgehead atoms. The molecule has 58 heavy (non-hydrogen) atoms. The molecule has 0 amide bonds.